The Morgan fingerprint density at radius 1 is 0.962 bits per heavy atom. The van der Waals surface area contributed by atoms with Gasteiger partial charge in [-0.05, 0) is 47.0 Å². The van der Waals surface area contributed by atoms with Crippen LogP contribution in [0.25, 0.3) is 11.1 Å². The number of nitrogens with one attached hydrogen (secondary N) is 1. The highest BCUT2D eigenvalue weighted by atomic mass is 32.2. The summed E-state index contributed by atoms with van der Waals surface area (Å²) in [5.74, 6) is -0.242. The van der Waals surface area contributed by atoms with Crippen molar-refractivity contribution in [1.29, 1.82) is 0 Å². The van der Waals surface area contributed by atoms with E-state index in [2.05, 4.69) is 10.3 Å². The van der Waals surface area contributed by atoms with Gasteiger partial charge in [0.1, 0.15) is 5.69 Å². The number of nitrogens with zero attached hydrogens (tertiary/aromatic N) is 1. The number of aromatic nitrogens is 1. The number of primary sulfonamides is 1. The number of rotatable bonds is 5. The number of hydrogen-bond donors (Lipinski definition) is 2. The van der Waals surface area contributed by atoms with Crippen molar-refractivity contribution in [1.82, 2.24) is 10.3 Å². The Morgan fingerprint density at radius 3 is 2.38 bits per heavy atom. The minimum atomic E-state index is -3.71. The van der Waals surface area contributed by atoms with Crippen molar-refractivity contribution >= 4 is 15.9 Å². The first kappa shape index (κ1) is 17.8. The van der Waals surface area contributed by atoms with Gasteiger partial charge in [-0.1, -0.05) is 36.4 Å². The lowest BCUT2D eigenvalue weighted by Gasteiger charge is -2.08. The fourth-order valence-corrected chi connectivity index (χ4v) is 2.98. The second-order valence-corrected chi connectivity index (χ2v) is 7.23. The second kappa shape index (κ2) is 7.47. The van der Waals surface area contributed by atoms with Gasteiger partial charge in [0, 0.05) is 12.7 Å². The summed E-state index contributed by atoms with van der Waals surface area (Å²) in [6, 6.07) is 19.1. The number of pyridine rings is 1. The molecule has 0 saturated heterocycles. The molecule has 0 radical (unpaired) electrons. The monoisotopic (exact) mass is 367 g/mol. The van der Waals surface area contributed by atoms with E-state index in [1.807, 2.05) is 24.3 Å². The molecule has 2 aromatic carbocycles. The zero-order valence-corrected chi connectivity index (χ0v) is 14.6. The summed E-state index contributed by atoms with van der Waals surface area (Å²) < 4.78 is 22.7. The predicted octanol–water partition coefficient (Wildman–Crippen LogP) is 2.33. The maximum atomic E-state index is 12.1. The normalized spacial score (nSPS) is 11.1. The van der Waals surface area contributed by atoms with Crippen molar-refractivity contribution in [3.05, 3.63) is 84.2 Å². The van der Waals surface area contributed by atoms with Crippen LogP contribution < -0.4 is 10.5 Å². The maximum Gasteiger partial charge on any atom is 0.270 e. The van der Waals surface area contributed by atoms with E-state index in [4.69, 9.17) is 5.14 Å². The lowest BCUT2D eigenvalue weighted by Crippen LogP contribution is -2.23. The lowest BCUT2D eigenvalue weighted by molar-refractivity contribution is 0.0946. The summed E-state index contributed by atoms with van der Waals surface area (Å²) in [6.07, 6.45) is 1.57. The number of nitrogens with two attached hydrogens (primary N) is 1. The molecule has 26 heavy (non-hydrogen) atoms. The zero-order valence-electron chi connectivity index (χ0n) is 13.8. The van der Waals surface area contributed by atoms with Gasteiger partial charge in [-0.2, -0.15) is 0 Å². The minimum absolute atomic E-state index is 0.0695. The molecule has 0 aliphatic heterocycles. The van der Waals surface area contributed by atoms with E-state index in [0.717, 1.165) is 16.7 Å². The number of benzene rings is 2. The van der Waals surface area contributed by atoms with Crippen LogP contribution >= 0.6 is 0 Å². The van der Waals surface area contributed by atoms with Gasteiger partial charge in [-0.15, -0.1) is 0 Å². The van der Waals surface area contributed by atoms with Crippen molar-refractivity contribution in [2.75, 3.05) is 0 Å². The first-order valence-electron chi connectivity index (χ1n) is 7.85. The fourth-order valence-electron chi connectivity index (χ4n) is 2.47. The summed E-state index contributed by atoms with van der Waals surface area (Å²) in [6.45, 7) is 0.360. The molecule has 1 amide bonds. The highest BCUT2D eigenvalue weighted by Gasteiger charge is 2.09. The Kier molecular flexibility index (Phi) is 5.11. The number of sulfonamides is 1. The molecule has 7 heteroatoms. The summed E-state index contributed by atoms with van der Waals surface area (Å²) in [5.41, 5.74) is 3.05. The molecule has 0 aliphatic rings. The van der Waals surface area contributed by atoms with E-state index in [1.165, 1.54) is 12.1 Å². The number of carbonyl (C=O) groups excluding carboxylic acids is 1. The molecule has 3 rings (SSSR count). The van der Waals surface area contributed by atoms with E-state index < -0.39 is 10.0 Å². The van der Waals surface area contributed by atoms with Gasteiger partial charge in [0.2, 0.25) is 10.0 Å². The van der Waals surface area contributed by atoms with E-state index in [-0.39, 0.29) is 10.8 Å². The minimum Gasteiger partial charge on any atom is -0.347 e. The number of amides is 1. The summed E-state index contributed by atoms with van der Waals surface area (Å²) in [5, 5.41) is 7.94. The largest absolute Gasteiger partial charge is 0.347 e. The predicted molar refractivity (Wildman–Crippen MR) is 98.7 cm³/mol. The Bertz CT molecular complexity index is 1020. The van der Waals surface area contributed by atoms with Gasteiger partial charge in [0.15, 0.2) is 0 Å². The van der Waals surface area contributed by atoms with E-state index in [0.29, 0.717) is 12.2 Å². The van der Waals surface area contributed by atoms with Crippen molar-refractivity contribution < 1.29 is 13.2 Å². The third-order valence-electron chi connectivity index (χ3n) is 3.79. The second-order valence-electron chi connectivity index (χ2n) is 5.67. The van der Waals surface area contributed by atoms with Crippen molar-refractivity contribution in [3.8, 4) is 11.1 Å². The average molecular weight is 367 g/mol. The number of hydrogen-bond acceptors (Lipinski definition) is 4. The van der Waals surface area contributed by atoms with Gasteiger partial charge >= 0.3 is 0 Å². The standard InChI is InChI=1S/C19H17N3O3S/c20-26(24,25)17-9-7-15(8-10-17)16-5-3-4-14(12-16)13-22-19(23)18-6-1-2-11-21-18/h1-12H,13H2,(H,22,23)(H2,20,24,25). The third-order valence-corrected chi connectivity index (χ3v) is 4.72. The Morgan fingerprint density at radius 2 is 1.73 bits per heavy atom. The molecule has 3 N–H and O–H groups in total. The van der Waals surface area contributed by atoms with Crippen LogP contribution in [0, 0.1) is 0 Å². The van der Waals surface area contributed by atoms with Crippen LogP contribution in [0.15, 0.2) is 77.8 Å². The van der Waals surface area contributed by atoms with Crippen LogP contribution in [0.2, 0.25) is 0 Å². The quantitative estimate of drug-likeness (QED) is 0.722. The van der Waals surface area contributed by atoms with E-state index >= 15 is 0 Å². The molecule has 0 bridgehead atoms. The highest BCUT2D eigenvalue weighted by Crippen LogP contribution is 2.22. The first-order chi connectivity index (χ1) is 12.4. The van der Waals surface area contributed by atoms with E-state index in [9.17, 15) is 13.2 Å². The topological polar surface area (TPSA) is 102 Å². The van der Waals surface area contributed by atoms with Crippen LogP contribution in [0.5, 0.6) is 0 Å². The lowest BCUT2D eigenvalue weighted by atomic mass is 10.0. The molecule has 0 unspecified atom stereocenters. The summed E-state index contributed by atoms with van der Waals surface area (Å²) >= 11 is 0. The van der Waals surface area contributed by atoms with Gasteiger partial charge in [0.25, 0.3) is 5.91 Å². The first-order valence-corrected chi connectivity index (χ1v) is 9.39. The van der Waals surface area contributed by atoms with E-state index in [1.54, 1.807) is 36.5 Å². The fraction of sp³-hybridized carbons (Fsp3) is 0.0526. The van der Waals surface area contributed by atoms with Gasteiger partial charge in [-0.25, -0.2) is 13.6 Å². The van der Waals surface area contributed by atoms with Crippen LogP contribution in [-0.2, 0) is 16.6 Å². The third kappa shape index (κ3) is 4.33. The maximum absolute atomic E-state index is 12.1. The Labute approximate surface area is 151 Å². The van der Waals surface area contributed by atoms with Gasteiger partial charge in [0.05, 0.1) is 4.90 Å². The molecule has 0 fully saturated rings. The molecule has 0 aliphatic carbocycles. The van der Waals surface area contributed by atoms with Gasteiger partial charge in [-0.3, -0.25) is 9.78 Å². The molecule has 0 saturated carbocycles. The Balaban J connectivity index is 1.73. The summed E-state index contributed by atoms with van der Waals surface area (Å²) in [4.78, 5) is 16.1. The Hall–Kier alpha value is -3.03. The molecule has 6 nitrogen and oxygen atoms in total. The van der Waals surface area contributed by atoms with Crippen LogP contribution in [0.4, 0.5) is 0 Å². The highest BCUT2D eigenvalue weighted by molar-refractivity contribution is 7.89. The zero-order chi connectivity index (χ0) is 18.6. The van der Waals surface area contributed by atoms with Crippen molar-refractivity contribution in [2.45, 2.75) is 11.4 Å². The molecule has 0 atom stereocenters. The molecule has 0 spiro atoms. The molecule has 1 heterocycles. The number of carbonyl (C=O) groups is 1. The summed E-state index contributed by atoms with van der Waals surface area (Å²) in [7, 11) is -3.71. The van der Waals surface area contributed by atoms with Crippen LogP contribution in [0.1, 0.15) is 16.1 Å². The average Bonchev–Trinajstić information content (AvgIpc) is 2.66. The van der Waals surface area contributed by atoms with Crippen molar-refractivity contribution in [2.24, 2.45) is 5.14 Å². The molecule has 132 valence electrons. The van der Waals surface area contributed by atoms with Gasteiger partial charge < -0.3 is 5.32 Å². The SMILES string of the molecule is NS(=O)(=O)c1ccc(-c2cccc(CNC(=O)c3ccccn3)c2)cc1. The van der Waals surface area contributed by atoms with Crippen LogP contribution in [-0.4, -0.2) is 19.3 Å². The smallest absolute Gasteiger partial charge is 0.270 e. The molecular formula is C19H17N3O3S. The molecule has 1 aromatic heterocycles. The molecule has 3 aromatic rings. The van der Waals surface area contributed by atoms with Crippen molar-refractivity contribution in [3.63, 3.8) is 0 Å². The van der Waals surface area contributed by atoms with Crippen LogP contribution in [0.3, 0.4) is 0 Å². The molecular weight excluding hydrogens is 350 g/mol.